The normalized spacial score (nSPS) is 18.7. The van der Waals surface area contributed by atoms with Crippen molar-refractivity contribution in [3.8, 4) is 0 Å². The first kappa shape index (κ1) is 13.2. The van der Waals surface area contributed by atoms with Gasteiger partial charge in [-0.2, -0.15) is 0 Å². The minimum Gasteiger partial charge on any atom is -0.465 e. The highest BCUT2D eigenvalue weighted by Gasteiger charge is 2.17. The molecule has 1 unspecified atom stereocenters. The lowest BCUT2D eigenvalue weighted by atomic mass is 10.1. The number of nitrogens with one attached hydrogen (secondary N) is 1. The van der Waals surface area contributed by atoms with Crippen LogP contribution < -0.4 is 5.32 Å². The van der Waals surface area contributed by atoms with E-state index in [2.05, 4.69) is 5.32 Å². The van der Waals surface area contributed by atoms with Gasteiger partial charge in [0, 0.05) is 24.1 Å². The third kappa shape index (κ3) is 3.15. The fraction of sp³-hybridized carbons (Fsp3) is 0.462. The highest BCUT2D eigenvalue weighted by atomic mass is 35.5. The zero-order chi connectivity index (χ0) is 13.0. The molecule has 1 aromatic rings. The molecule has 1 aromatic carbocycles. The first-order chi connectivity index (χ1) is 8.70. The monoisotopic (exact) mass is 269 g/mol. The summed E-state index contributed by atoms with van der Waals surface area (Å²) in [5, 5.41) is 3.84. The molecule has 2 rings (SSSR count). The van der Waals surface area contributed by atoms with Crippen molar-refractivity contribution in [1.29, 1.82) is 0 Å². The SMILES string of the molecule is COC(=O)c1ccc(Cl)cc1NCC1CCOC1. The molecular weight excluding hydrogens is 254 g/mol. The Kier molecular flexibility index (Phi) is 4.44. The second-order valence-corrected chi connectivity index (χ2v) is 4.73. The topological polar surface area (TPSA) is 47.6 Å². The van der Waals surface area contributed by atoms with Gasteiger partial charge in [0.2, 0.25) is 0 Å². The highest BCUT2D eigenvalue weighted by molar-refractivity contribution is 6.31. The maximum absolute atomic E-state index is 11.6. The van der Waals surface area contributed by atoms with Gasteiger partial charge in [0.1, 0.15) is 0 Å². The number of esters is 1. The Balaban J connectivity index is 2.08. The molecule has 98 valence electrons. The fourth-order valence-electron chi connectivity index (χ4n) is 1.95. The Morgan fingerprint density at radius 3 is 3.11 bits per heavy atom. The van der Waals surface area contributed by atoms with Crippen LogP contribution in [-0.2, 0) is 9.47 Å². The smallest absolute Gasteiger partial charge is 0.339 e. The van der Waals surface area contributed by atoms with E-state index in [4.69, 9.17) is 21.1 Å². The Morgan fingerprint density at radius 2 is 2.44 bits per heavy atom. The van der Waals surface area contributed by atoms with Crippen LogP contribution in [0.3, 0.4) is 0 Å². The van der Waals surface area contributed by atoms with Gasteiger partial charge in [-0.1, -0.05) is 11.6 Å². The van der Waals surface area contributed by atoms with E-state index in [1.807, 2.05) is 0 Å². The molecule has 1 aliphatic rings. The molecular formula is C13H16ClNO3. The summed E-state index contributed by atoms with van der Waals surface area (Å²) in [6.45, 7) is 2.34. The van der Waals surface area contributed by atoms with E-state index in [9.17, 15) is 4.79 Å². The van der Waals surface area contributed by atoms with E-state index in [-0.39, 0.29) is 5.97 Å². The molecule has 18 heavy (non-hydrogen) atoms. The average molecular weight is 270 g/mol. The van der Waals surface area contributed by atoms with Gasteiger partial charge in [-0.05, 0) is 24.6 Å². The molecule has 0 aliphatic carbocycles. The summed E-state index contributed by atoms with van der Waals surface area (Å²) in [6, 6.07) is 5.09. The first-order valence-corrected chi connectivity index (χ1v) is 6.28. The molecule has 1 saturated heterocycles. The number of benzene rings is 1. The lowest BCUT2D eigenvalue weighted by Gasteiger charge is -2.14. The van der Waals surface area contributed by atoms with Gasteiger partial charge in [-0.15, -0.1) is 0 Å². The van der Waals surface area contributed by atoms with Crippen molar-refractivity contribution in [2.24, 2.45) is 5.92 Å². The van der Waals surface area contributed by atoms with Crippen LogP contribution in [0.2, 0.25) is 5.02 Å². The summed E-state index contributed by atoms with van der Waals surface area (Å²) in [4.78, 5) is 11.6. The number of methoxy groups -OCH3 is 1. The largest absolute Gasteiger partial charge is 0.465 e. The number of halogens is 1. The maximum atomic E-state index is 11.6. The molecule has 5 heteroatoms. The van der Waals surface area contributed by atoms with E-state index in [0.717, 1.165) is 26.2 Å². The maximum Gasteiger partial charge on any atom is 0.339 e. The van der Waals surface area contributed by atoms with Crippen LogP contribution in [0.4, 0.5) is 5.69 Å². The Bertz CT molecular complexity index is 430. The zero-order valence-electron chi connectivity index (χ0n) is 10.2. The minimum absolute atomic E-state index is 0.364. The van der Waals surface area contributed by atoms with Crippen molar-refractivity contribution in [3.63, 3.8) is 0 Å². The van der Waals surface area contributed by atoms with Crippen molar-refractivity contribution in [2.75, 3.05) is 32.2 Å². The highest BCUT2D eigenvalue weighted by Crippen LogP contribution is 2.23. The number of anilines is 1. The van der Waals surface area contributed by atoms with Crippen molar-refractivity contribution < 1.29 is 14.3 Å². The van der Waals surface area contributed by atoms with Crippen molar-refractivity contribution >= 4 is 23.3 Å². The van der Waals surface area contributed by atoms with Crippen molar-refractivity contribution in [1.82, 2.24) is 0 Å². The Labute approximate surface area is 111 Å². The van der Waals surface area contributed by atoms with E-state index >= 15 is 0 Å². The van der Waals surface area contributed by atoms with Crippen LogP contribution in [0.5, 0.6) is 0 Å². The van der Waals surface area contributed by atoms with Gasteiger partial charge in [-0.3, -0.25) is 0 Å². The Hall–Kier alpha value is -1.26. The molecule has 0 aromatic heterocycles. The van der Waals surface area contributed by atoms with Gasteiger partial charge >= 0.3 is 5.97 Å². The molecule has 1 atom stereocenters. The Morgan fingerprint density at radius 1 is 1.61 bits per heavy atom. The van der Waals surface area contributed by atoms with E-state index in [0.29, 0.717) is 22.2 Å². The summed E-state index contributed by atoms with van der Waals surface area (Å²) in [5.41, 5.74) is 1.21. The number of hydrogen-bond donors (Lipinski definition) is 1. The number of ether oxygens (including phenoxy) is 2. The summed E-state index contributed by atoms with van der Waals surface area (Å²) in [7, 11) is 1.37. The predicted molar refractivity (Wildman–Crippen MR) is 70.2 cm³/mol. The molecule has 1 heterocycles. The summed E-state index contributed by atoms with van der Waals surface area (Å²) in [5.74, 6) is 0.117. The molecule has 1 N–H and O–H groups in total. The van der Waals surface area contributed by atoms with Crippen LogP contribution >= 0.6 is 11.6 Å². The molecule has 1 fully saturated rings. The van der Waals surface area contributed by atoms with Gasteiger partial charge in [0.25, 0.3) is 0 Å². The van der Waals surface area contributed by atoms with Crippen molar-refractivity contribution in [3.05, 3.63) is 28.8 Å². The standard InChI is InChI=1S/C13H16ClNO3/c1-17-13(16)11-3-2-10(14)6-12(11)15-7-9-4-5-18-8-9/h2-3,6,9,15H,4-5,7-8H2,1H3. The van der Waals surface area contributed by atoms with Gasteiger partial charge in [0.05, 0.1) is 25.0 Å². The first-order valence-electron chi connectivity index (χ1n) is 5.90. The molecule has 4 nitrogen and oxygen atoms in total. The lowest BCUT2D eigenvalue weighted by molar-refractivity contribution is 0.0602. The molecule has 1 aliphatic heterocycles. The van der Waals surface area contributed by atoms with Crippen LogP contribution in [0.1, 0.15) is 16.8 Å². The lowest BCUT2D eigenvalue weighted by Crippen LogP contribution is -2.16. The second-order valence-electron chi connectivity index (χ2n) is 4.29. The minimum atomic E-state index is -0.364. The number of rotatable bonds is 4. The van der Waals surface area contributed by atoms with Gasteiger partial charge < -0.3 is 14.8 Å². The fourth-order valence-corrected chi connectivity index (χ4v) is 2.12. The van der Waals surface area contributed by atoms with Crippen LogP contribution in [-0.4, -0.2) is 32.8 Å². The molecule has 0 radical (unpaired) electrons. The third-order valence-corrected chi connectivity index (χ3v) is 3.23. The summed E-state index contributed by atoms with van der Waals surface area (Å²) in [6.07, 6.45) is 1.04. The number of carbonyl (C=O) groups excluding carboxylic acids is 1. The number of carbonyl (C=O) groups is 1. The predicted octanol–water partition coefficient (Wildman–Crippen LogP) is 2.58. The van der Waals surface area contributed by atoms with Crippen LogP contribution in [0.25, 0.3) is 0 Å². The van der Waals surface area contributed by atoms with Crippen molar-refractivity contribution in [2.45, 2.75) is 6.42 Å². The van der Waals surface area contributed by atoms with E-state index in [1.54, 1.807) is 18.2 Å². The van der Waals surface area contributed by atoms with Gasteiger partial charge in [-0.25, -0.2) is 4.79 Å². The summed E-state index contributed by atoms with van der Waals surface area (Å²) >= 11 is 5.94. The molecule has 0 saturated carbocycles. The average Bonchev–Trinajstić information content (AvgIpc) is 2.88. The zero-order valence-corrected chi connectivity index (χ0v) is 11.0. The quantitative estimate of drug-likeness (QED) is 0.854. The van der Waals surface area contributed by atoms with Crippen LogP contribution in [0, 0.1) is 5.92 Å². The molecule has 0 amide bonds. The van der Waals surface area contributed by atoms with Crippen LogP contribution in [0.15, 0.2) is 18.2 Å². The van der Waals surface area contributed by atoms with E-state index < -0.39 is 0 Å². The second kappa shape index (κ2) is 6.07. The van der Waals surface area contributed by atoms with E-state index in [1.165, 1.54) is 7.11 Å². The molecule has 0 spiro atoms. The third-order valence-electron chi connectivity index (χ3n) is 2.99. The molecule has 0 bridgehead atoms. The van der Waals surface area contributed by atoms with Gasteiger partial charge in [0.15, 0.2) is 0 Å². The number of hydrogen-bond acceptors (Lipinski definition) is 4. The summed E-state index contributed by atoms with van der Waals surface area (Å²) < 4.78 is 10.1.